The molecule has 0 aliphatic rings. The second-order valence-electron chi connectivity index (χ2n) is 7.51. The van der Waals surface area contributed by atoms with E-state index in [4.69, 9.17) is 15.4 Å². The fourth-order valence-electron chi connectivity index (χ4n) is 3.43. The van der Waals surface area contributed by atoms with Crippen molar-refractivity contribution in [1.29, 1.82) is 0 Å². The number of hydrogen-bond donors (Lipinski definition) is 0. The van der Waals surface area contributed by atoms with Crippen molar-refractivity contribution >= 4 is 22.1 Å². The van der Waals surface area contributed by atoms with E-state index < -0.39 is 19.7 Å². The first-order valence-corrected chi connectivity index (χ1v) is 10.5. The summed E-state index contributed by atoms with van der Waals surface area (Å²) >= 11 is 0. The number of aryl methyl sites for hydroxylation is 3. The van der Waals surface area contributed by atoms with Crippen molar-refractivity contribution in [2.45, 2.75) is 20.6 Å². The standard InChI is InChI=1S/C18H13N2O.C12H10N.Ir/c1-11-6-9-16(19-10-11)15-5-3-4-13-14-8-7-12(2)20-18(14)21-17(13)15;1-10-7-8-12(13-9-10)11-5-3-2-4-6-11;/h3-4,6-10H,1-2H3;2-5,7-9H,1H3;/q2*-1;/i1D3,2D3,6D,9D;;. The summed E-state index contributed by atoms with van der Waals surface area (Å²) in [5.41, 5.74) is 3.49. The Balaban J connectivity index is 0.000000253. The summed E-state index contributed by atoms with van der Waals surface area (Å²) in [5, 5.41) is 1.20. The van der Waals surface area contributed by atoms with Crippen molar-refractivity contribution < 1.29 is 35.5 Å². The molecule has 0 spiro atoms. The van der Waals surface area contributed by atoms with Crippen LogP contribution in [-0.2, 0) is 20.1 Å². The Morgan fingerprint density at radius 2 is 1.71 bits per heavy atom. The minimum atomic E-state index is -2.55. The van der Waals surface area contributed by atoms with E-state index >= 15 is 0 Å². The van der Waals surface area contributed by atoms with Gasteiger partial charge >= 0.3 is 0 Å². The molecular formula is C30H23IrN3O-2. The molecule has 0 bridgehead atoms. The maximum absolute atomic E-state index is 8.23. The Morgan fingerprint density at radius 3 is 2.49 bits per heavy atom. The molecule has 4 aromatic heterocycles. The Bertz CT molecular complexity index is 1890. The zero-order valence-corrected chi connectivity index (χ0v) is 20.9. The van der Waals surface area contributed by atoms with Gasteiger partial charge in [-0.1, -0.05) is 35.2 Å². The number of benzene rings is 2. The molecule has 6 aromatic rings. The molecule has 0 saturated carbocycles. The molecule has 1 radical (unpaired) electrons. The van der Waals surface area contributed by atoms with E-state index in [0.717, 1.165) is 17.5 Å². The first-order chi connectivity index (χ1) is 19.8. The van der Waals surface area contributed by atoms with Gasteiger partial charge in [0.25, 0.3) is 0 Å². The van der Waals surface area contributed by atoms with E-state index in [-0.39, 0.29) is 60.0 Å². The molecular weight excluding hydrogens is 611 g/mol. The summed E-state index contributed by atoms with van der Waals surface area (Å²) in [6.07, 6.45) is 2.93. The summed E-state index contributed by atoms with van der Waals surface area (Å²) in [4.78, 5) is 12.5. The maximum atomic E-state index is 8.23. The summed E-state index contributed by atoms with van der Waals surface area (Å²) in [5.74, 6) is 0. The first-order valence-electron chi connectivity index (χ1n) is 14.5. The van der Waals surface area contributed by atoms with Gasteiger partial charge in [-0.2, -0.15) is 0 Å². The molecule has 0 fully saturated rings. The Hall–Kier alpha value is -3.66. The van der Waals surface area contributed by atoms with Gasteiger partial charge in [0.1, 0.15) is 0 Å². The molecule has 5 heteroatoms. The summed E-state index contributed by atoms with van der Waals surface area (Å²) in [6, 6.07) is 23.5. The summed E-state index contributed by atoms with van der Waals surface area (Å²) in [7, 11) is 0. The summed E-state index contributed by atoms with van der Waals surface area (Å²) in [6.45, 7) is -2.90. The van der Waals surface area contributed by atoms with E-state index in [1.165, 1.54) is 11.6 Å². The van der Waals surface area contributed by atoms with Gasteiger partial charge in [-0.05, 0) is 55.3 Å². The third-order valence-electron chi connectivity index (χ3n) is 5.07. The largest absolute Gasteiger partial charge is 0.486 e. The molecule has 0 aliphatic carbocycles. The van der Waals surface area contributed by atoms with Crippen LogP contribution in [0.25, 0.3) is 44.6 Å². The van der Waals surface area contributed by atoms with Gasteiger partial charge < -0.3 is 14.4 Å². The van der Waals surface area contributed by atoms with E-state index in [9.17, 15) is 0 Å². The molecule has 2 aromatic carbocycles. The van der Waals surface area contributed by atoms with Gasteiger partial charge in [-0.3, -0.25) is 0 Å². The van der Waals surface area contributed by atoms with Crippen LogP contribution in [0.15, 0.2) is 89.6 Å². The number of rotatable bonds is 2. The van der Waals surface area contributed by atoms with Crippen LogP contribution in [0.3, 0.4) is 0 Å². The smallest absolute Gasteiger partial charge is 0.216 e. The van der Waals surface area contributed by atoms with Gasteiger partial charge in [0, 0.05) is 51.8 Å². The molecule has 0 aliphatic heterocycles. The van der Waals surface area contributed by atoms with E-state index in [1.807, 2.05) is 43.5 Å². The molecule has 6 rings (SSSR count). The number of fused-ring (bicyclic) bond motifs is 3. The van der Waals surface area contributed by atoms with Crippen molar-refractivity contribution in [3.05, 3.63) is 114 Å². The minimum absolute atomic E-state index is 0. The fourth-order valence-corrected chi connectivity index (χ4v) is 3.43. The normalized spacial score (nSPS) is 14.5. The first kappa shape index (κ1) is 16.1. The van der Waals surface area contributed by atoms with Crippen LogP contribution in [0.5, 0.6) is 0 Å². The molecule has 4 nitrogen and oxygen atoms in total. The molecule has 35 heavy (non-hydrogen) atoms. The number of hydrogen-bond acceptors (Lipinski definition) is 4. The van der Waals surface area contributed by atoms with Crippen LogP contribution in [-0.4, -0.2) is 15.0 Å². The van der Waals surface area contributed by atoms with E-state index in [1.54, 1.807) is 18.2 Å². The third-order valence-corrected chi connectivity index (χ3v) is 5.07. The number of furan rings is 1. The van der Waals surface area contributed by atoms with Gasteiger partial charge in [-0.25, -0.2) is 4.98 Å². The van der Waals surface area contributed by atoms with Crippen LogP contribution in [0.1, 0.15) is 27.8 Å². The second-order valence-corrected chi connectivity index (χ2v) is 7.51. The maximum Gasteiger partial charge on any atom is 0.216 e. The van der Waals surface area contributed by atoms with Gasteiger partial charge in [-0.15, -0.1) is 54.1 Å². The Kier molecular flexibility index (Phi) is 4.93. The molecule has 0 saturated heterocycles. The van der Waals surface area contributed by atoms with Crippen molar-refractivity contribution in [3.8, 4) is 22.5 Å². The number of nitrogens with zero attached hydrogens (tertiary/aromatic N) is 3. The predicted molar refractivity (Wildman–Crippen MR) is 136 cm³/mol. The molecule has 0 N–H and O–H groups in total. The van der Waals surface area contributed by atoms with Crippen molar-refractivity contribution in [3.63, 3.8) is 0 Å². The third kappa shape index (κ3) is 5.37. The van der Waals surface area contributed by atoms with E-state index in [2.05, 4.69) is 33.2 Å². The van der Waals surface area contributed by atoms with Gasteiger partial charge in [0.2, 0.25) is 5.71 Å². The predicted octanol–water partition coefficient (Wildman–Crippen LogP) is 7.31. The Morgan fingerprint density at radius 1 is 0.829 bits per heavy atom. The monoisotopic (exact) mass is 642 g/mol. The fraction of sp³-hybridized carbons (Fsp3) is 0.100. The zero-order valence-electron chi connectivity index (χ0n) is 26.5. The molecule has 0 atom stereocenters. The average molecular weight is 642 g/mol. The zero-order chi connectivity index (χ0) is 30.2. The van der Waals surface area contributed by atoms with Crippen molar-refractivity contribution in [2.24, 2.45) is 0 Å². The SMILES string of the molecule is Cc1ccc(-c2[c-]cccc2)nc1.[2H]c1c(C([2H])([2H])[2H])cnc(-c2[c-]ccc3c2oc2nc(C([2H])([2H])[2H])ccc23)c1[2H].[Ir]. The van der Waals surface area contributed by atoms with Crippen LogP contribution in [0.4, 0.5) is 0 Å². The number of pyridine rings is 3. The molecule has 0 unspecified atom stereocenters. The quantitative estimate of drug-likeness (QED) is 0.186. The van der Waals surface area contributed by atoms with Crippen molar-refractivity contribution in [2.75, 3.05) is 0 Å². The number of aromatic nitrogens is 3. The molecule has 4 heterocycles. The Labute approximate surface area is 229 Å². The van der Waals surface area contributed by atoms with Crippen LogP contribution in [0.2, 0.25) is 0 Å². The minimum Gasteiger partial charge on any atom is -0.486 e. The van der Waals surface area contributed by atoms with Crippen LogP contribution >= 0.6 is 0 Å². The van der Waals surface area contributed by atoms with Crippen molar-refractivity contribution in [1.82, 2.24) is 15.0 Å². The molecule has 175 valence electrons. The average Bonchev–Trinajstić information content (AvgIpc) is 3.33. The second kappa shape index (κ2) is 10.7. The topological polar surface area (TPSA) is 51.8 Å². The van der Waals surface area contributed by atoms with Crippen LogP contribution < -0.4 is 0 Å². The molecule has 0 amide bonds. The van der Waals surface area contributed by atoms with Gasteiger partial charge in [0.15, 0.2) is 0 Å². The van der Waals surface area contributed by atoms with Crippen LogP contribution in [0, 0.1) is 32.8 Å². The van der Waals surface area contributed by atoms with E-state index in [0.29, 0.717) is 10.8 Å². The summed E-state index contributed by atoms with van der Waals surface area (Å²) < 4.78 is 67.0. The van der Waals surface area contributed by atoms with Gasteiger partial charge in [0.05, 0.1) is 8.32 Å².